The number of furan rings is 1. The van der Waals surface area contributed by atoms with Crippen molar-refractivity contribution in [2.24, 2.45) is 5.92 Å². The minimum absolute atomic E-state index is 0.0937. The molecule has 4 nitrogen and oxygen atoms in total. The summed E-state index contributed by atoms with van der Waals surface area (Å²) in [5.74, 6) is 1.34. The van der Waals surface area contributed by atoms with Crippen molar-refractivity contribution in [1.82, 2.24) is 4.90 Å². The van der Waals surface area contributed by atoms with Gasteiger partial charge in [-0.1, -0.05) is 32.9 Å². The van der Waals surface area contributed by atoms with Gasteiger partial charge in [0.25, 0.3) is 0 Å². The Hall–Kier alpha value is -2.23. The van der Waals surface area contributed by atoms with E-state index < -0.39 is 0 Å². The second-order valence-electron chi connectivity index (χ2n) is 6.55. The molecule has 0 saturated carbocycles. The van der Waals surface area contributed by atoms with Crippen molar-refractivity contribution in [1.29, 1.82) is 0 Å². The van der Waals surface area contributed by atoms with Gasteiger partial charge in [0.15, 0.2) is 0 Å². The van der Waals surface area contributed by atoms with Crippen molar-refractivity contribution < 1.29 is 9.21 Å². The van der Waals surface area contributed by atoms with Crippen LogP contribution in [0.15, 0.2) is 47.1 Å². The minimum Gasteiger partial charge on any atom is -0.467 e. The Balaban J connectivity index is 2.10. The largest absolute Gasteiger partial charge is 0.467 e. The maximum atomic E-state index is 12.8. The van der Waals surface area contributed by atoms with Crippen LogP contribution in [0, 0.1) is 5.92 Å². The highest BCUT2D eigenvalue weighted by molar-refractivity contribution is 5.89. The molecule has 0 aliphatic rings. The molecule has 24 heavy (non-hydrogen) atoms. The fourth-order valence-electron chi connectivity index (χ4n) is 2.57. The van der Waals surface area contributed by atoms with Gasteiger partial charge in [0.2, 0.25) is 0 Å². The monoisotopic (exact) mass is 328 g/mol. The van der Waals surface area contributed by atoms with Crippen LogP contribution in [0.25, 0.3) is 0 Å². The molecule has 2 rings (SSSR count). The van der Waals surface area contributed by atoms with Crippen molar-refractivity contribution in [3.63, 3.8) is 0 Å². The SMILES string of the molecule is CCc1ccc(NC(=O)N(CCC(C)C)C(C)c2ccco2)cc1. The van der Waals surface area contributed by atoms with Gasteiger partial charge in [-0.2, -0.15) is 0 Å². The molecule has 1 atom stereocenters. The smallest absolute Gasteiger partial charge is 0.322 e. The minimum atomic E-state index is -0.103. The Morgan fingerprint density at radius 2 is 1.88 bits per heavy atom. The topological polar surface area (TPSA) is 45.5 Å². The van der Waals surface area contributed by atoms with Crippen LogP contribution < -0.4 is 5.32 Å². The zero-order chi connectivity index (χ0) is 17.5. The number of hydrogen-bond acceptors (Lipinski definition) is 2. The van der Waals surface area contributed by atoms with Crippen LogP contribution in [0.2, 0.25) is 0 Å². The molecule has 0 aliphatic heterocycles. The zero-order valence-electron chi connectivity index (χ0n) is 15.1. The number of carbonyl (C=O) groups excluding carboxylic acids is 1. The van der Waals surface area contributed by atoms with E-state index in [9.17, 15) is 4.79 Å². The van der Waals surface area contributed by atoms with E-state index in [-0.39, 0.29) is 12.1 Å². The van der Waals surface area contributed by atoms with Crippen molar-refractivity contribution in [3.05, 3.63) is 54.0 Å². The van der Waals surface area contributed by atoms with Crippen molar-refractivity contribution in [3.8, 4) is 0 Å². The molecular weight excluding hydrogens is 300 g/mol. The van der Waals surface area contributed by atoms with E-state index in [4.69, 9.17) is 4.42 Å². The lowest BCUT2D eigenvalue weighted by Crippen LogP contribution is -2.38. The van der Waals surface area contributed by atoms with E-state index >= 15 is 0 Å². The number of hydrogen-bond donors (Lipinski definition) is 1. The van der Waals surface area contributed by atoms with Gasteiger partial charge in [-0.15, -0.1) is 0 Å². The molecule has 130 valence electrons. The van der Waals surface area contributed by atoms with Gasteiger partial charge in [0, 0.05) is 12.2 Å². The van der Waals surface area contributed by atoms with E-state index in [2.05, 4.69) is 26.1 Å². The Morgan fingerprint density at radius 1 is 1.17 bits per heavy atom. The third-order valence-electron chi connectivity index (χ3n) is 4.24. The maximum absolute atomic E-state index is 12.8. The summed E-state index contributed by atoms with van der Waals surface area (Å²) in [6, 6.07) is 11.6. The lowest BCUT2D eigenvalue weighted by molar-refractivity contribution is 0.179. The average Bonchev–Trinajstić information content (AvgIpc) is 3.09. The van der Waals surface area contributed by atoms with Gasteiger partial charge in [0.1, 0.15) is 5.76 Å². The van der Waals surface area contributed by atoms with Gasteiger partial charge in [-0.3, -0.25) is 0 Å². The van der Waals surface area contributed by atoms with E-state index in [0.717, 1.165) is 24.3 Å². The van der Waals surface area contributed by atoms with E-state index in [0.29, 0.717) is 12.5 Å². The first-order valence-electron chi connectivity index (χ1n) is 8.71. The second-order valence-corrected chi connectivity index (χ2v) is 6.55. The summed E-state index contributed by atoms with van der Waals surface area (Å²) in [7, 11) is 0. The predicted octanol–water partition coefficient (Wildman–Crippen LogP) is 5.48. The fourth-order valence-corrected chi connectivity index (χ4v) is 2.57. The van der Waals surface area contributed by atoms with Crippen LogP contribution in [-0.2, 0) is 6.42 Å². The van der Waals surface area contributed by atoms with Gasteiger partial charge < -0.3 is 14.6 Å². The summed E-state index contributed by atoms with van der Waals surface area (Å²) in [6.07, 6.45) is 3.59. The number of benzene rings is 1. The quantitative estimate of drug-likeness (QED) is 0.731. The molecule has 0 saturated heterocycles. The third kappa shape index (κ3) is 4.88. The van der Waals surface area contributed by atoms with E-state index in [1.54, 1.807) is 6.26 Å². The molecule has 1 unspecified atom stereocenters. The van der Waals surface area contributed by atoms with E-state index in [1.807, 2.05) is 48.2 Å². The third-order valence-corrected chi connectivity index (χ3v) is 4.24. The molecule has 0 aliphatic carbocycles. The summed E-state index contributed by atoms with van der Waals surface area (Å²) in [6.45, 7) is 9.14. The molecule has 0 radical (unpaired) electrons. The highest BCUT2D eigenvalue weighted by Gasteiger charge is 2.23. The average molecular weight is 328 g/mol. The second kappa shape index (κ2) is 8.57. The molecule has 1 N–H and O–H groups in total. The summed E-state index contributed by atoms with van der Waals surface area (Å²) < 4.78 is 5.49. The lowest BCUT2D eigenvalue weighted by Gasteiger charge is -2.29. The summed E-state index contributed by atoms with van der Waals surface area (Å²) >= 11 is 0. The first kappa shape index (κ1) is 18.1. The van der Waals surface area contributed by atoms with Crippen LogP contribution in [0.1, 0.15) is 51.5 Å². The number of anilines is 1. The molecule has 4 heteroatoms. The Morgan fingerprint density at radius 3 is 2.42 bits per heavy atom. The van der Waals surface area contributed by atoms with Crippen LogP contribution in [0.3, 0.4) is 0 Å². The fraction of sp³-hybridized carbons (Fsp3) is 0.450. The van der Waals surface area contributed by atoms with Crippen LogP contribution in [0.5, 0.6) is 0 Å². The molecule has 0 bridgehead atoms. The molecule has 1 aromatic heterocycles. The summed E-state index contributed by atoms with van der Waals surface area (Å²) in [5, 5.41) is 3.01. The molecule has 1 aromatic carbocycles. The highest BCUT2D eigenvalue weighted by atomic mass is 16.3. The van der Waals surface area contributed by atoms with E-state index in [1.165, 1.54) is 5.56 Å². The normalized spacial score (nSPS) is 12.2. The predicted molar refractivity (Wildman–Crippen MR) is 98.1 cm³/mol. The number of nitrogens with zero attached hydrogens (tertiary/aromatic N) is 1. The van der Waals surface area contributed by atoms with Crippen LogP contribution in [0.4, 0.5) is 10.5 Å². The maximum Gasteiger partial charge on any atom is 0.322 e. The van der Waals surface area contributed by atoms with Gasteiger partial charge in [-0.05, 0) is 55.5 Å². The standard InChI is InChI=1S/C20H28N2O2/c1-5-17-8-10-18(11-9-17)21-20(23)22(13-12-15(2)3)16(4)19-7-6-14-24-19/h6-11,14-16H,5,12-13H2,1-4H3,(H,21,23). The van der Waals surface area contributed by atoms with Gasteiger partial charge >= 0.3 is 6.03 Å². The molecule has 2 aromatic rings. The first-order chi connectivity index (χ1) is 11.5. The Labute approximate surface area is 144 Å². The number of carbonyl (C=O) groups is 1. The first-order valence-corrected chi connectivity index (χ1v) is 8.71. The van der Waals surface area contributed by atoms with Gasteiger partial charge in [-0.25, -0.2) is 4.79 Å². The van der Waals surface area contributed by atoms with Crippen LogP contribution in [-0.4, -0.2) is 17.5 Å². The number of urea groups is 1. The highest BCUT2D eigenvalue weighted by Crippen LogP contribution is 2.23. The number of amides is 2. The molecular formula is C20H28N2O2. The summed E-state index contributed by atoms with van der Waals surface area (Å²) in [4.78, 5) is 14.6. The molecule has 1 heterocycles. The summed E-state index contributed by atoms with van der Waals surface area (Å²) in [5.41, 5.74) is 2.08. The molecule has 2 amide bonds. The lowest BCUT2D eigenvalue weighted by atomic mass is 10.1. The molecule has 0 spiro atoms. The zero-order valence-corrected chi connectivity index (χ0v) is 15.1. The van der Waals surface area contributed by atoms with Crippen molar-refractivity contribution in [2.45, 2.75) is 46.6 Å². The van der Waals surface area contributed by atoms with Crippen molar-refractivity contribution >= 4 is 11.7 Å². The Kier molecular flexibility index (Phi) is 6.47. The molecule has 0 fully saturated rings. The van der Waals surface area contributed by atoms with Crippen molar-refractivity contribution in [2.75, 3.05) is 11.9 Å². The number of rotatable bonds is 7. The van der Waals surface area contributed by atoms with Gasteiger partial charge in [0.05, 0.1) is 12.3 Å². The number of nitrogens with one attached hydrogen (secondary N) is 1. The van der Waals surface area contributed by atoms with Crippen LogP contribution >= 0.6 is 0 Å². The Bertz CT molecular complexity index is 618. The number of aryl methyl sites for hydroxylation is 1.